The maximum absolute atomic E-state index is 8.88. The highest BCUT2D eigenvalue weighted by Gasteiger charge is 2.08. The van der Waals surface area contributed by atoms with Crippen LogP contribution in [0.3, 0.4) is 0 Å². The largest absolute Gasteiger partial charge is 0.494 e. The van der Waals surface area contributed by atoms with Crippen molar-refractivity contribution in [1.29, 1.82) is 5.26 Å². The number of anilines is 1. The molecule has 3 aromatic rings. The molecule has 2 aromatic carbocycles. The molecular weight excluding hydrogens is 370 g/mol. The van der Waals surface area contributed by atoms with Gasteiger partial charge in [-0.25, -0.2) is 4.98 Å². The molecule has 144 valence electrons. The number of nitrogens with zero attached hydrogens (tertiary/aromatic N) is 2. The van der Waals surface area contributed by atoms with Crippen LogP contribution >= 0.6 is 11.3 Å². The lowest BCUT2D eigenvalue weighted by molar-refractivity contribution is 0.279. The summed E-state index contributed by atoms with van der Waals surface area (Å²) in [7, 11) is 0. The molecule has 0 saturated heterocycles. The fourth-order valence-corrected chi connectivity index (χ4v) is 3.49. The van der Waals surface area contributed by atoms with E-state index in [1.54, 1.807) is 12.1 Å². The standard InChI is InChI=1S/C22H23N3O2S/c1-16-25-21(22(24)28-16)18-8-10-19(11-9-18)26-12-3-2-4-13-27-20-7-5-6-17(14-20)15-23/h5-11,14H,2-4,12-13,24H2,1H3. The predicted molar refractivity (Wildman–Crippen MR) is 113 cm³/mol. The molecule has 3 rings (SSSR count). The van der Waals surface area contributed by atoms with Crippen molar-refractivity contribution in [3.8, 4) is 28.8 Å². The first-order valence-corrected chi connectivity index (χ1v) is 10.1. The summed E-state index contributed by atoms with van der Waals surface area (Å²) in [6, 6.07) is 17.2. The summed E-state index contributed by atoms with van der Waals surface area (Å²) in [5.74, 6) is 1.59. The second kappa shape index (κ2) is 9.77. The fourth-order valence-electron chi connectivity index (χ4n) is 2.78. The lowest BCUT2D eigenvalue weighted by Crippen LogP contribution is -2.01. The topological polar surface area (TPSA) is 81.2 Å². The van der Waals surface area contributed by atoms with Crippen LogP contribution < -0.4 is 15.2 Å². The molecule has 0 saturated carbocycles. The van der Waals surface area contributed by atoms with Crippen LogP contribution in [-0.4, -0.2) is 18.2 Å². The van der Waals surface area contributed by atoms with Crippen molar-refractivity contribution in [3.05, 3.63) is 59.1 Å². The first kappa shape index (κ1) is 19.7. The van der Waals surface area contributed by atoms with Crippen molar-refractivity contribution < 1.29 is 9.47 Å². The second-order valence-electron chi connectivity index (χ2n) is 6.37. The third-order valence-electron chi connectivity index (χ3n) is 4.18. The number of aryl methyl sites for hydroxylation is 1. The summed E-state index contributed by atoms with van der Waals surface area (Å²) in [5.41, 5.74) is 8.47. The zero-order valence-corrected chi connectivity index (χ0v) is 16.7. The lowest BCUT2D eigenvalue weighted by Gasteiger charge is -2.08. The molecule has 0 amide bonds. The van der Waals surface area contributed by atoms with E-state index in [4.69, 9.17) is 20.5 Å². The van der Waals surface area contributed by atoms with Crippen LogP contribution in [0.5, 0.6) is 11.5 Å². The predicted octanol–water partition coefficient (Wildman–Crippen LogP) is 5.20. The first-order valence-electron chi connectivity index (χ1n) is 9.25. The molecule has 0 aliphatic heterocycles. The van der Waals surface area contributed by atoms with Crippen LogP contribution in [0.1, 0.15) is 29.8 Å². The number of hydrogen-bond acceptors (Lipinski definition) is 6. The SMILES string of the molecule is Cc1nc(-c2ccc(OCCCCCOc3cccc(C#N)c3)cc2)c(N)s1. The van der Waals surface area contributed by atoms with Gasteiger partial charge >= 0.3 is 0 Å². The third kappa shape index (κ3) is 5.48. The van der Waals surface area contributed by atoms with Gasteiger partial charge in [-0.1, -0.05) is 6.07 Å². The number of ether oxygens (including phenoxy) is 2. The van der Waals surface area contributed by atoms with E-state index in [0.717, 1.165) is 52.0 Å². The van der Waals surface area contributed by atoms with Crippen molar-refractivity contribution in [1.82, 2.24) is 4.98 Å². The molecule has 28 heavy (non-hydrogen) atoms. The summed E-state index contributed by atoms with van der Waals surface area (Å²) in [6.45, 7) is 3.26. The smallest absolute Gasteiger partial charge is 0.120 e. The van der Waals surface area contributed by atoms with E-state index >= 15 is 0 Å². The van der Waals surface area contributed by atoms with Crippen LogP contribution in [0.25, 0.3) is 11.3 Å². The summed E-state index contributed by atoms with van der Waals surface area (Å²) in [6.07, 6.45) is 2.92. The van der Waals surface area contributed by atoms with E-state index in [9.17, 15) is 0 Å². The zero-order valence-electron chi connectivity index (χ0n) is 15.9. The van der Waals surface area contributed by atoms with E-state index in [2.05, 4.69) is 11.1 Å². The van der Waals surface area contributed by atoms with Crippen LogP contribution in [0.4, 0.5) is 5.00 Å². The van der Waals surface area contributed by atoms with E-state index in [-0.39, 0.29) is 0 Å². The van der Waals surface area contributed by atoms with Gasteiger partial charge in [0.25, 0.3) is 0 Å². The van der Waals surface area contributed by atoms with Crippen molar-refractivity contribution >= 4 is 16.3 Å². The summed E-state index contributed by atoms with van der Waals surface area (Å²) in [5, 5.41) is 10.6. The number of unbranched alkanes of at least 4 members (excludes halogenated alkanes) is 2. The third-order valence-corrected chi connectivity index (χ3v) is 4.98. The molecule has 0 radical (unpaired) electrons. The molecule has 1 aromatic heterocycles. The maximum Gasteiger partial charge on any atom is 0.120 e. The van der Waals surface area contributed by atoms with Crippen molar-refractivity contribution in [2.75, 3.05) is 18.9 Å². The van der Waals surface area contributed by atoms with Gasteiger partial charge in [0.2, 0.25) is 0 Å². The number of nitriles is 1. The molecule has 0 spiro atoms. The van der Waals surface area contributed by atoms with E-state index in [0.29, 0.717) is 18.8 Å². The van der Waals surface area contributed by atoms with Crippen LogP contribution in [-0.2, 0) is 0 Å². The molecular formula is C22H23N3O2S. The van der Waals surface area contributed by atoms with Gasteiger partial charge in [0.05, 0.1) is 29.9 Å². The number of thiazole rings is 1. The average molecular weight is 394 g/mol. The highest BCUT2D eigenvalue weighted by molar-refractivity contribution is 7.16. The van der Waals surface area contributed by atoms with Gasteiger partial charge in [-0.05, 0) is 68.7 Å². The highest BCUT2D eigenvalue weighted by Crippen LogP contribution is 2.31. The molecule has 6 heteroatoms. The molecule has 0 atom stereocenters. The minimum absolute atomic E-state index is 0.615. The average Bonchev–Trinajstić information content (AvgIpc) is 3.06. The quantitative estimate of drug-likeness (QED) is 0.505. The van der Waals surface area contributed by atoms with Crippen LogP contribution in [0.15, 0.2) is 48.5 Å². The Bertz CT molecular complexity index is 945. The first-order chi connectivity index (χ1) is 13.7. The van der Waals surface area contributed by atoms with Gasteiger partial charge < -0.3 is 15.2 Å². The summed E-state index contributed by atoms with van der Waals surface area (Å²) in [4.78, 5) is 4.47. The van der Waals surface area contributed by atoms with Crippen molar-refractivity contribution in [2.24, 2.45) is 0 Å². The molecule has 0 fully saturated rings. The Kier molecular flexibility index (Phi) is 6.88. The Morgan fingerprint density at radius 1 is 1.00 bits per heavy atom. The number of nitrogen functional groups attached to an aromatic ring is 1. The lowest BCUT2D eigenvalue weighted by atomic mass is 10.1. The summed E-state index contributed by atoms with van der Waals surface area (Å²) < 4.78 is 11.5. The van der Waals surface area contributed by atoms with Crippen molar-refractivity contribution in [3.63, 3.8) is 0 Å². The minimum atomic E-state index is 0.615. The monoisotopic (exact) mass is 393 g/mol. The van der Waals surface area contributed by atoms with Gasteiger partial charge in [0, 0.05) is 5.56 Å². The van der Waals surface area contributed by atoms with Gasteiger partial charge in [-0.2, -0.15) is 5.26 Å². The Morgan fingerprint density at radius 2 is 1.71 bits per heavy atom. The summed E-state index contributed by atoms with van der Waals surface area (Å²) >= 11 is 1.50. The zero-order chi connectivity index (χ0) is 19.8. The maximum atomic E-state index is 8.88. The highest BCUT2D eigenvalue weighted by atomic mass is 32.1. The van der Waals surface area contributed by atoms with E-state index in [1.165, 1.54) is 11.3 Å². The molecule has 0 bridgehead atoms. The van der Waals surface area contributed by atoms with Gasteiger partial charge in [-0.3, -0.25) is 0 Å². The number of benzene rings is 2. The molecule has 2 N–H and O–H groups in total. The number of rotatable bonds is 9. The Hall–Kier alpha value is -3.04. The van der Waals surface area contributed by atoms with Crippen molar-refractivity contribution in [2.45, 2.75) is 26.2 Å². The van der Waals surface area contributed by atoms with Gasteiger partial charge in [-0.15, -0.1) is 11.3 Å². The second-order valence-corrected chi connectivity index (χ2v) is 7.60. The Morgan fingerprint density at radius 3 is 2.36 bits per heavy atom. The fraction of sp³-hybridized carbons (Fsp3) is 0.273. The van der Waals surface area contributed by atoms with E-state index < -0.39 is 0 Å². The van der Waals surface area contributed by atoms with Gasteiger partial charge in [0.1, 0.15) is 22.2 Å². The Balaban J connectivity index is 1.34. The molecule has 0 aliphatic rings. The van der Waals surface area contributed by atoms with Crippen LogP contribution in [0, 0.1) is 18.3 Å². The van der Waals surface area contributed by atoms with Crippen LogP contribution in [0.2, 0.25) is 0 Å². The molecule has 1 heterocycles. The molecule has 0 aliphatic carbocycles. The normalized spacial score (nSPS) is 10.4. The number of hydrogen-bond donors (Lipinski definition) is 1. The Labute approximate surface area is 169 Å². The number of nitrogens with two attached hydrogens (primary N) is 1. The molecule has 5 nitrogen and oxygen atoms in total. The number of aromatic nitrogens is 1. The molecule has 0 unspecified atom stereocenters. The minimum Gasteiger partial charge on any atom is -0.494 e. The van der Waals surface area contributed by atoms with E-state index in [1.807, 2.05) is 43.3 Å². The van der Waals surface area contributed by atoms with Gasteiger partial charge in [0.15, 0.2) is 0 Å².